The quantitative estimate of drug-likeness (QED) is 0.333. The number of methoxy groups -OCH3 is 1. The molecular formula is C24H24N2O2S2. The average Bonchev–Trinajstić information content (AvgIpc) is 3.45. The van der Waals surface area contributed by atoms with Gasteiger partial charge in [0.1, 0.15) is 5.75 Å². The number of H-pyrrole nitrogens is 1. The number of thioether (sulfide) groups is 1. The van der Waals surface area contributed by atoms with Gasteiger partial charge in [0.15, 0.2) is 0 Å². The topological polar surface area (TPSA) is 54.1 Å². The Morgan fingerprint density at radius 2 is 1.97 bits per heavy atom. The lowest BCUT2D eigenvalue weighted by atomic mass is 9.96. The first-order valence-corrected chi connectivity index (χ1v) is 11.7. The smallest absolute Gasteiger partial charge is 0.220 e. The van der Waals surface area contributed by atoms with Gasteiger partial charge in [-0.05, 0) is 47.3 Å². The van der Waals surface area contributed by atoms with Gasteiger partial charge in [0, 0.05) is 51.5 Å². The van der Waals surface area contributed by atoms with Gasteiger partial charge in [-0.2, -0.15) is 0 Å². The maximum atomic E-state index is 12.5. The van der Waals surface area contributed by atoms with E-state index in [2.05, 4.69) is 52.2 Å². The molecule has 0 saturated heterocycles. The highest BCUT2D eigenvalue weighted by Gasteiger charge is 2.19. The zero-order valence-corrected chi connectivity index (χ0v) is 18.4. The molecule has 4 rings (SSSR count). The molecule has 154 valence electrons. The lowest BCUT2D eigenvalue weighted by molar-refractivity contribution is -0.120. The second-order valence-electron chi connectivity index (χ2n) is 6.94. The molecule has 2 aromatic carbocycles. The van der Waals surface area contributed by atoms with Gasteiger partial charge in [0.25, 0.3) is 0 Å². The fourth-order valence-corrected chi connectivity index (χ4v) is 5.17. The van der Waals surface area contributed by atoms with E-state index in [1.807, 2.05) is 30.3 Å². The molecule has 0 bridgehead atoms. The van der Waals surface area contributed by atoms with Gasteiger partial charge in [-0.15, -0.1) is 23.1 Å². The van der Waals surface area contributed by atoms with Crippen LogP contribution >= 0.6 is 23.1 Å². The van der Waals surface area contributed by atoms with Gasteiger partial charge in [-0.25, -0.2) is 0 Å². The van der Waals surface area contributed by atoms with Crippen LogP contribution in [-0.2, 0) is 4.79 Å². The number of aromatic amines is 1. The minimum atomic E-state index is 0.0809. The summed E-state index contributed by atoms with van der Waals surface area (Å²) in [5, 5.41) is 6.45. The number of hydrogen-bond acceptors (Lipinski definition) is 4. The van der Waals surface area contributed by atoms with Crippen molar-refractivity contribution in [1.29, 1.82) is 0 Å². The van der Waals surface area contributed by atoms with E-state index in [0.717, 1.165) is 21.9 Å². The van der Waals surface area contributed by atoms with E-state index in [-0.39, 0.29) is 11.8 Å². The van der Waals surface area contributed by atoms with Gasteiger partial charge in [0.2, 0.25) is 5.91 Å². The predicted octanol–water partition coefficient (Wildman–Crippen LogP) is 5.67. The van der Waals surface area contributed by atoms with Crippen molar-refractivity contribution in [3.63, 3.8) is 0 Å². The minimum absolute atomic E-state index is 0.0809. The predicted molar refractivity (Wildman–Crippen MR) is 126 cm³/mol. The normalized spacial score (nSPS) is 12.0. The summed E-state index contributed by atoms with van der Waals surface area (Å²) in [5.41, 5.74) is 2.34. The number of carbonyl (C=O) groups is 1. The molecule has 4 nitrogen and oxygen atoms in total. The van der Waals surface area contributed by atoms with Crippen LogP contribution in [0, 0.1) is 0 Å². The van der Waals surface area contributed by atoms with E-state index in [4.69, 9.17) is 4.74 Å². The SMILES string of the molecule is COc1ccc(SCCC(=O)NCC(c2cccs2)c2c[nH]c3ccccc23)cc1. The fraction of sp³-hybridized carbons (Fsp3) is 0.208. The maximum Gasteiger partial charge on any atom is 0.220 e. The number of nitrogens with one attached hydrogen (secondary N) is 2. The van der Waals surface area contributed by atoms with E-state index < -0.39 is 0 Å². The monoisotopic (exact) mass is 436 g/mol. The van der Waals surface area contributed by atoms with Crippen LogP contribution in [0.5, 0.6) is 5.75 Å². The number of aromatic nitrogens is 1. The molecule has 0 aliphatic heterocycles. The van der Waals surface area contributed by atoms with Crippen LogP contribution in [-0.4, -0.2) is 30.3 Å². The molecule has 2 heterocycles. The van der Waals surface area contributed by atoms with Gasteiger partial charge in [-0.3, -0.25) is 4.79 Å². The molecule has 0 aliphatic rings. The van der Waals surface area contributed by atoms with Crippen molar-refractivity contribution >= 4 is 39.9 Å². The van der Waals surface area contributed by atoms with Gasteiger partial charge in [-0.1, -0.05) is 24.3 Å². The largest absolute Gasteiger partial charge is 0.497 e. The molecule has 2 N–H and O–H groups in total. The van der Waals surface area contributed by atoms with Crippen LogP contribution in [0.1, 0.15) is 22.8 Å². The second kappa shape index (κ2) is 9.87. The number of fused-ring (bicyclic) bond motifs is 1. The third kappa shape index (κ3) is 4.89. The Kier molecular flexibility index (Phi) is 6.77. The summed E-state index contributed by atoms with van der Waals surface area (Å²) in [4.78, 5) is 18.2. The van der Waals surface area contributed by atoms with E-state index in [0.29, 0.717) is 13.0 Å². The summed E-state index contributed by atoms with van der Waals surface area (Å²) in [6.45, 7) is 0.592. The highest BCUT2D eigenvalue weighted by Crippen LogP contribution is 2.32. The number of benzene rings is 2. The first-order chi connectivity index (χ1) is 14.7. The van der Waals surface area contributed by atoms with Crippen LogP contribution in [0.25, 0.3) is 10.9 Å². The Bertz CT molecular complexity index is 1090. The summed E-state index contributed by atoms with van der Waals surface area (Å²) >= 11 is 3.41. The van der Waals surface area contributed by atoms with E-state index >= 15 is 0 Å². The Balaban J connectivity index is 1.36. The molecule has 6 heteroatoms. The van der Waals surface area contributed by atoms with E-state index in [1.54, 1.807) is 30.2 Å². The number of rotatable bonds is 9. The van der Waals surface area contributed by atoms with Crippen molar-refractivity contribution < 1.29 is 9.53 Å². The third-order valence-electron chi connectivity index (χ3n) is 5.04. The number of amides is 1. The third-order valence-corrected chi connectivity index (χ3v) is 7.04. The molecule has 1 atom stereocenters. The number of ether oxygens (including phenoxy) is 1. The molecule has 1 amide bonds. The van der Waals surface area contributed by atoms with Crippen molar-refractivity contribution in [1.82, 2.24) is 10.3 Å². The second-order valence-corrected chi connectivity index (χ2v) is 9.08. The lowest BCUT2D eigenvalue weighted by Gasteiger charge is -2.16. The van der Waals surface area contributed by atoms with Gasteiger partial charge in [0.05, 0.1) is 7.11 Å². The number of carbonyl (C=O) groups excluding carboxylic acids is 1. The van der Waals surface area contributed by atoms with Crippen LogP contribution in [0.2, 0.25) is 0 Å². The molecule has 0 aliphatic carbocycles. The van der Waals surface area contributed by atoms with Crippen molar-refractivity contribution in [2.45, 2.75) is 17.2 Å². The highest BCUT2D eigenvalue weighted by atomic mass is 32.2. The van der Waals surface area contributed by atoms with Crippen molar-refractivity contribution in [2.24, 2.45) is 0 Å². The van der Waals surface area contributed by atoms with Gasteiger partial charge < -0.3 is 15.0 Å². The minimum Gasteiger partial charge on any atom is -0.497 e. The van der Waals surface area contributed by atoms with Crippen LogP contribution in [0.3, 0.4) is 0 Å². The molecule has 0 radical (unpaired) electrons. The number of para-hydroxylation sites is 1. The number of hydrogen-bond donors (Lipinski definition) is 2. The van der Waals surface area contributed by atoms with Crippen molar-refractivity contribution in [3.8, 4) is 5.75 Å². The fourth-order valence-electron chi connectivity index (χ4n) is 3.47. The average molecular weight is 437 g/mol. The Hall–Kier alpha value is -2.70. The van der Waals surface area contributed by atoms with Crippen molar-refractivity contribution in [3.05, 3.63) is 82.7 Å². The standard InChI is InChI=1S/C24H24N2O2S2/c1-28-17-8-10-18(11-9-17)29-14-12-24(27)26-16-21(23-7-4-13-30-23)20-15-25-22-6-3-2-5-19(20)22/h2-11,13,15,21,25H,12,14,16H2,1H3,(H,26,27). The first-order valence-electron chi connectivity index (χ1n) is 9.87. The molecule has 2 aromatic heterocycles. The van der Waals surface area contributed by atoms with Crippen molar-refractivity contribution in [2.75, 3.05) is 19.4 Å². The maximum absolute atomic E-state index is 12.5. The van der Waals surface area contributed by atoms with E-state index in [1.165, 1.54) is 15.8 Å². The molecule has 0 fully saturated rings. The number of thiophene rings is 1. The molecule has 0 saturated carbocycles. The van der Waals surface area contributed by atoms with Crippen LogP contribution in [0.4, 0.5) is 0 Å². The van der Waals surface area contributed by atoms with Crippen LogP contribution < -0.4 is 10.1 Å². The molecular weight excluding hydrogens is 412 g/mol. The van der Waals surface area contributed by atoms with E-state index in [9.17, 15) is 4.79 Å². The summed E-state index contributed by atoms with van der Waals surface area (Å²) in [6.07, 6.45) is 2.56. The highest BCUT2D eigenvalue weighted by molar-refractivity contribution is 7.99. The molecule has 0 spiro atoms. The zero-order chi connectivity index (χ0) is 20.8. The molecule has 4 aromatic rings. The summed E-state index contributed by atoms with van der Waals surface area (Å²) in [6, 6.07) is 20.4. The molecule has 1 unspecified atom stereocenters. The Morgan fingerprint density at radius 1 is 1.13 bits per heavy atom. The lowest BCUT2D eigenvalue weighted by Crippen LogP contribution is -2.28. The van der Waals surface area contributed by atoms with Crippen LogP contribution in [0.15, 0.2) is 77.1 Å². The summed E-state index contributed by atoms with van der Waals surface area (Å²) < 4.78 is 5.18. The zero-order valence-electron chi connectivity index (χ0n) is 16.8. The Labute approximate surface area is 184 Å². The Morgan fingerprint density at radius 3 is 2.73 bits per heavy atom. The summed E-state index contributed by atoms with van der Waals surface area (Å²) in [5.74, 6) is 1.81. The van der Waals surface area contributed by atoms with Gasteiger partial charge >= 0.3 is 0 Å². The summed E-state index contributed by atoms with van der Waals surface area (Å²) in [7, 11) is 1.66. The molecule has 30 heavy (non-hydrogen) atoms. The first kappa shape index (κ1) is 20.6.